The molecule has 5 rings (SSSR count). The van der Waals surface area contributed by atoms with Crippen LogP contribution in [-0.4, -0.2) is 68.0 Å². The smallest absolute Gasteiger partial charge is 0.415 e. The molecule has 2 amide bonds. The third-order valence-electron chi connectivity index (χ3n) is 7.39. The average Bonchev–Trinajstić information content (AvgIpc) is 3.28. The van der Waals surface area contributed by atoms with Gasteiger partial charge in [-0.3, -0.25) is 14.5 Å². The Morgan fingerprint density at radius 2 is 1.67 bits per heavy atom. The van der Waals surface area contributed by atoms with Gasteiger partial charge >= 0.3 is 12.1 Å². The van der Waals surface area contributed by atoms with Crippen molar-refractivity contribution in [3.8, 4) is 17.2 Å². The van der Waals surface area contributed by atoms with Crippen molar-refractivity contribution in [1.82, 2.24) is 10.2 Å². The monoisotopic (exact) mass is 589 g/mol. The van der Waals surface area contributed by atoms with Gasteiger partial charge in [0.1, 0.15) is 23.3 Å². The first-order chi connectivity index (χ1) is 20.1. The van der Waals surface area contributed by atoms with Gasteiger partial charge in [-0.15, -0.1) is 0 Å². The van der Waals surface area contributed by atoms with Crippen molar-refractivity contribution in [2.24, 2.45) is 0 Å². The van der Waals surface area contributed by atoms with E-state index in [4.69, 9.17) is 14.2 Å². The molecule has 0 bridgehead atoms. The van der Waals surface area contributed by atoms with Crippen molar-refractivity contribution < 1.29 is 33.4 Å². The van der Waals surface area contributed by atoms with E-state index in [2.05, 4.69) is 5.32 Å². The van der Waals surface area contributed by atoms with Crippen molar-refractivity contribution in [1.29, 1.82) is 0 Å². The summed E-state index contributed by atoms with van der Waals surface area (Å²) in [6, 6.07) is 16.9. The third-order valence-corrected chi connectivity index (χ3v) is 8.48. The molecule has 1 N–H and O–H groups in total. The van der Waals surface area contributed by atoms with Gasteiger partial charge < -0.3 is 24.4 Å². The highest BCUT2D eigenvalue weighted by Crippen LogP contribution is 2.57. The van der Waals surface area contributed by atoms with Gasteiger partial charge in [0.25, 0.3) is 0 Å². The van der Waals surface area contributed by atoms with Crippen molar-refractivity contribution in [2.75, 3.05) is 38.8 Å². The Hall–Kier alpha value is -4.51. The largest absolute Gasteiger partial charge is 0.456 e. The molecule has 2 atom stereocenters. The first-order valence-electron chi connectivity index (χ1n) is 13.4. The molecule has 0 saturated heterocycles. The number of nitrogens with one attached hydrogen (secondary N) is 1. The highest BCUT2D eigenvalue weighted by atomic mass is 32.2. The Balaban J connectivity index is 1.51. The number of hydrogen-bond acceptors (Lipinski definition) is 9. The topological polar surface area (TPSA) is 114 Å². The summed E-state index contributed by atoms with van der Waals surface area (Å²) in [6.45, 7) is 1.73. The lowest BCUT2D eigenvalue weighted by Crippen LogP contribution is -2.49. The van der Waals surface area contributed by atoms with E-state index >= 15 is 0 Å². The first-order valence-corrected chi connectivity index (χ1v) is 14.4. The zero-order valence-electron chi connectivity index (χ0n) is 23.9. The zero-order valence-corrected chi connectivity index (χ0v) is 24.7. The molecule has 2 aliphatic rings. The van der Waals surface area contributed by atoms with Crippen molar-refractivity contribution >= 4 is 40.5 Å². The number of benzene rings is 3. The highest BCUT2D eigenvalue weighted by Gasteiger charge is 2.53. The lowest BCUT2D eigenvalue weighted by Gasteiger charge is -2.37. The number of amides is 2. The minimum absolute atomic E-state index is 0.0849. The maximum absolute atomic E-state index is 13.1. The molecular formula is C31H31N3O7S. The Labute approximate surface area is 247 Å². The van der Waals surface area contributed by atoms with Gasteiger partial charge in [-0.2, -0.15) is 0 Å². The Morgan fingerprint density at radius 3 is 2.36 bits per heavy atom. The molecular weight excluding hydrogens is 558 g/mol. The van der Waals surface area contributed by atoms with Gasteiger partial charge in [0.05, 0.1) is 5.56 Å². The summed E-state index contributed by atoms with van der Waals surface area (Å²) >= 11 is 0.987. The predicted molar refractivity (Wildman–Crippen MR) is 158 cm³/mol. The molecule has 10 nitrogen and oxygen atoms in total. The minimum Gasteiger partial charge on any atom is -0.456 e. The lowest BCUT2D eigenvalue weighted by atomic mass is 9.77. The van der Waals surface area contributed by atoms with Crippen LogP contribution in [0.2, 0.25) is 0 Å². The van der Waals surface area contributed by atoms with Crippen LogP contribution in [0, 0.1) is 0 Å². The molecule has 3 aromatic rings. The SMILES string of the molecule is CCC(=O)SC[C@@H](C(=O)NC)N(C)C(=O)Oc1ccc2c(c1)Oc1cc(N(C)C)ccc1C21OC(=O)c2ccccc21. The zero-order chi connectivity index (χ0) is 30.2. The summed E-state index contributed by atoms with van der Waals surface area (Å²) in [5.41, 5.74) is 2.04. The maximum Gasteiger partial charge on any atom is 0.415 e. The summed E-state index contributed by atoms with van der Waals surface area (Å²) in [6.07, 6.45) is -0.471. The standard InChI is InChI=1S/C31H31N3O7S/c1-6-27(35)42-17-24(28(36)32-2)34(5)30(38)39-19-12-14-23-26(16-19)40-25-15-18(33(3)4)11-13-22(25)31(23)21-10-8-7-9-20(21)29(37)41-31/h7-16,24H,6,17H2,1-5H3,(H,32,36)/t24-,31?/m0/s1. The van der Waals surface area contributed by atoms with E-state index in [1.54, 1.807) is 37.3 Å². The Kier molecular flexibility index (Phi) is 7.87. The molecule has 0 aliphatic carbocycles. The van der Waals surface area contributed by atoms with Crippen LogP contribution in [0.25, 0.3) is 0 Å². The summed E-state index contributed by atoms with van der Waals surface area (Å²) in [5, 5.41) is 2.45. The number of thioether (sulfide) groups is 1. The fourth-order valence-corrected chi connectivity index (χ4v) is 6.01. The predicted octanol–water partition coefficient (Wildman–Crippen LogP) is 4.54. The van der Waals surface area contributed by atoms with Crippen molar-refractivity contribution in [3.63, 3.8) is 0 Å². The van der Waals surface area contributed by atoms with Crippen LogP contribution in [0.1, 0.15) is 40.4 Å². The van der Waals surface area contributed by atoms with E-state index < -0.39 is 29.6 Å². The summed E-state index contributed by atoms with van der Waals surface area (Å²) in [4.78, 5) is 53.7. The molecule has 42 heavy (non-hydrogen) atoms. The minimum atomic E-state index is -1.26. The average molecular weight is 590 g/mol. The lowest BCUT2D eigenvalue weighted by molar-refractivity contribution is -0.124. The van der Waals surface area contributed by atoms with E-state index in [-0.39, 0.29) is 16.6 Å². The first kappa shape index (κ1) is 29.0. The van der Waals surface area contributed by atoms with E-state index in [0.29, 0.717) is 40.2 Å². The number of likely N-dealkylation sites (N-methyl/N-ethyl adjacent to an activating group) is 2. The molecule has 11 heteroatoms. The van der Waals surface area contributed by atoms with Crippen molar-refractivity contribution in [2.45, 2.75) is 25.0 Å². The normalized spacial score (nSPS) is 16.7. The number of carbonyl (C=O) groups excluding carboxylic acids is 4. The van der Waals surface area contributed by atoms with Crippen LogP contribution in [0.15, 0.2) is 60.7 Å². The van der Waals surface area contributed by atoms with Crippen molar-refractivity contribution in [3.05, 3.63) is 82.9 Å². The number of ether oxygens (including phenoxy) is 3. The fraction of sp³-hybridized carbons (Fsp3) is 0.290. The van der Waals surface area contributed by atoms with Crippen LogP contribution in [0.5, 0.6) is 17.2 Å². The molecule has 0 radical (unpaired) electrons. The van der Waals surface area contributed by atoms with Gasteiger partial charge in [-0.1, -0.05) is 36.9 Å². The number of rotatable bonds is 7. The summed E-state index contributed by atoms with van der Waals surface area (Å²) in [5.74, 6) is 0.232. The number of anilines is 1. The molecule has 0 fully saturated rings. The van der Waals surface area contributed by atoms with E-state index in [0.717, 1.165) is 22.3 Å². The van der Waals surface area contributed by atoms with Gasteiger partial charge in [-0.05, 0) is 30.3 Å². The number of hydrogen-bond donors (Lipinski definition) is 1. The van der Waals surface area contributed by atoms with E-state index in [1.807, 2.05) is 49.3 Å². The van der Waals surface area contributed by atoms with Gasteiger partial charge in [-0.25, -0.2) is 9.59 Å². The maximum atomic E-state index is 13.1. The molecule has 0 aromatic heterocycles. The third kappa shape index (κ3) is 4.94. The van der Waals surface area contributed by atoms with Crippen LogP contribution in [0.4, 0.5) is 10.5 Å². The second-order valence-corrected chi connectivity index (χ2v) is 11.2. The van der Waals surface area contributed by atoms with E-state index in [1.165, 1.54) is 14.1 Å². The number of esters is 1. The summed E-state index contributed by atoms with van der Waals surface area (Å²) < 4.78 is 18.2. The Bertz CT molecular complexity index is 1590. The fourth-order valence-electron chi connectivity index (χ4n) is 5.09. The van der Waals surface area contributed by atoms with Gasteiger partial charge in [0.2, 0.25) is 5.91 Å². The second-order valence-electron chi connectivity index (χ2n) is 10.1. The highest BCUT2D eigenvalue weighted by molar-refractivity contribution is 8.13. The second kappa shape index (κ2) is 11.4. The van der Waals surface area contributed by atoms with Gasteiger partial charge in [0, 0.05) is 74.9 Å². The quantitative estimate of drug-likeness (QED) is 0.397. The van der Waals surface area contributed by atoms with Crippen LogP contribution in [0.3, 0.4) is 0 Å². The number of carbonyl (C=O) groups is 4. The van der Waals surface area contributed by atoms with Crippen LogP contribution >= 0.6 is 11.8 Å². The number of fused-ring (bicyclic) bond motifs is 6. The van der Waals surface area contributed by atoms with E-state index in [9.17, 15) is 19.2 Å². The molecule has 2 aliphatic heterocycles. The number of nitrogens with zero attached hydrogens (tertiary/aromatic N) is 2. The molecule has 1 unspecified atom stereocenters. The molecule has 2 heterocycles. The van der Waals surface area contributed by atoms with Crippen LogP contribution < -0.4 is 19.7 Å². The Morgan fingerprint density at radius 1 is 0.976 bits per heavy atom. The molecule has 218 valence electrons. The van der Waals surface area contributed by atoms with Gasteiger partial charge in [0.15, 0.2) is 10.7 Å². The molecule has 1 spiro atoms. The molecule has 0 saturated carbocycles. The molecule has 3 aromatic carbocycles. The van der Waals surface area contributed by atoms with Crippen LogP contribution in [-0.2, 0) is 19.9 Å². The summed E-state index contributed by atoms with van der Waals surface area (Å²) in [7, 11) is 6.73.